The van der Waals surface area contributed by atoms with Crippen molar-refractivity contribution in [1.82, 2.24) is 10.2 Å². The van der Waals surface area contributed by atoms with Crippen LogP contribution < -0.4 is 10.6 Å². The van der Waals surface area contributed by atoms with Gasteiger partial charge in [-0.3, -0.25) is 9.59 Å². The van der Waals surface area contributed by atoms with Gasteiger partial charge in [0.15, 0.2) is 0 Å². The lowest BCUT2D eigenvalue weighted by atomic mass is 9.91. The van der Waals surface area contributed by atoms with Gasteiger partial charge in [-0.05, 0) is 55.8 Å². The number of fused-ring (bicyclic) bond motifs is 1. The zero-order valence-corrected chi connectivity index (χ0v) is 18.0. The fourth-order valence-electron chi connectivity index (χ4n) is 4.45. The number of piperazine rings is 1. The largest absolute Gasteiger partial charge is 0.482 e. The minimum atomic E-state index is -0.692. The Hall–Kier alpha value is -3.45. The molecule has 0 bridgehead atoms. The Labute approximate surface area is 185 Å². The van der Waals surface area contributed by atoms with E-state index in [1.54, 1.807) is 6.07 Å². The van der Waals surface area contributed by atoms with E-state index in [0.717, 1.165) is 24.2 Å². The average Bonchev–Trinajstić information content (AvgIpc) is 3.28. The number of benzene rings is 2. The number of carbonyl (C=O) groups is 2. The van der Waals surface area contributed by atoms with Crippen molar-refractivity contribution >= 4 is 28.6 Å². The molecule has 2 N–H and O–H groups in total. The summed E-state index contributed by atoms with van der Waals surface area (Å²) in [5, 5.41) is 6.01. The summed E-state index contributed by atoms with van der Waals surface area (Å²) < 4.78 is 20.0. The minimum absolute atomic E-state index is 0.0260. The summed E-state index contributed by atoms with van der Waals surface area (Å²) in [5.74, 6) is -0.290. The van der Waals surface area contributed by atoms with Crippen molar-refractivity contribution in [3.8, 4) is 0 Å². The summed E-state index contributed by atoms with van der Waals surface area (Å²) in [4.78, 5) is 27.2. The number of nitrogens with zero attached hydrogens (tertiary/aromatic N) is 1. The molecule has 164 valence electrons. The SMILES string of the molecule is CC1(C)OC(=C2C(=O)Nc3ccc(F)cc32)C=C1c1ccc(C(=O)N2CCNCC2)cc1. The molecule has 2 aromatic rings. The van der Waals surface area contributed by atoms with Crippen LogP contribution in [0.2, 0.25) is 0 Å². The highest BCUT2D eigenvalue weighted by Gasteiger charge is 2.38. The Morgan fingerprint density at radius 2 is 1.81 bits per heavy atom. The van der Waals surface area contributed by atoms with Gasteiger partial charge in [0.25, 0.3) is 11.8 Å². The molecule has 3 heterocycles. The molecule has 1 saturated heterocycles. The van der Waals surface area contributed by atoms with Gasteiger partial charge in [-0.1, -0.05) is 12.1 Å². The second-order valence-corrected chi connectivity index (χ2v) is 8.67. The Morgan fingerprint density at radius 3 is 2.53 bits per heavy atom. The molecule has 0 radical (unpaired) electrons. The number of amides is 2. The summed E-state index contributed by atoms with van der Waals surface area (Å²) in [6, 6.07) is 11.7. The maximum atomic E-state index is 13.8. The van der Waals surface area contributed by atoms with E-state index >= 15 is 0 Å². The molecule has 5 rings (SSSR count). The third kappa shape index (κ3) is 3.48. The monoisotopic (exact) mass is 433 g/mol. The van der Waals surface area contributed by atoms with Gasteiger partial charge in [0.1, 0.15) is 17.2 Å². The van der Waals surface area contributed by atoms with Crippen molar-refractivity contribution in [3.63, 3.8) is 0 Å². The third-order valence-corrected chi connectivity index (χ3v) is 6.11. The van der Waals surface area contributed by atoms with Gasteiger partial charge in [-0.25, -0.2) is 4.39 Å². The predicted molar refractivity (Wildman–Crippen MR) is 120 cm³/mol. The van der Waals surface area contributed by atoms with E-state index < -0.39 is 11.4 Å². The van der Waals surface area contributed by atoms with E-state index in [1.165, 1.54) is 12.1 Å². The standard InChI is InChI=1S/C25H24FN3O3/c1-25(2)19(15-3-5-16(6-4-15)24(31)29-11-9-27-10-12-29)14-21(32-25)22-18-13-17(26)7-8-20(18)28-23(22)30/h3-8,13-14,27H,9-12H2,1-2H3,(H,28,30). The van der Waals surface area contributed by atoms with Crippen LogP contribution in [0.3, 0.4) is 0 Å². The maximum Gasteiger partial charge on any atom is 0.260 e. The number of halogens is 1. The van der Waals surface area contributed by atoms with Crippen molar-refractivity contribution < 1.29 is 18.7 Å². The number of allylic oxidation sites excluding steroid dienone is 1. The van der Waals surface area contributed by atoms with Gasteiger partial charge in [0.2, 0.25) is 0 Å². The quantitative estimate of drug-likeness (QED) is 0.712. The molecule has 0 aromatic heterocycles. The Bertz CT molecular complexity index is 1180. The van der Waals surface area contributed by atoms with E-state index in [9.17, 15) is 14.0 Å². The summed E-state index contributed by atoms with van der Waals surface area (Å²) >= 11 is 0. The van der Waals surface area contributed by atoms with Crippen LogP contribution in [-0.2, 0) is 9.53 Å². The van der Waals surface area contributed by atoms with Crippen molar-refractivity contribution in [3.05, 3.63) is 76.8 Å². The van der Waals surface area contributed by atoms with Gasteiger partial charge >= 0.3 is 0 Å². The Balaban J connectivity index is 1.48. The summed E-state index contributed by atoms with van der Waals surface area (Å²) in [6.45, 7) is 6.86. The molecule has 0 atom stereocenters. The van der Waals surface area contributed by atoms with Crippen molar-refractivity contribution in [2.24, 2.45) is 0 Å². The second-order valence-electron chi connectivity index (χ2n) is 8.67. The smallest absolute Gasteiger partial charge is 0.260 e. The van der Waals surface area contributed by atoms with Crippen molar-refractivity contribution in [2.45, 2.75) is 19.4 Å². The zero-order chi connectivity index (χ0) is 22.5. The molecule has 0 saturated carbocycles. The summed E-state index contributed by atoms with van der Waals surface area (Å²) in [7, 11) is 0. The van der Waals surface area contributed by atoms with Crippen LogP contribution >= 0.6 is 0 Å². The van der Waals surface area contributed by atoms with Crippen LogP contribution in [0.4, 0.5) is 10.1 Å². The summed E-state index contributed by atoms with van der Waals surface area (Å²) in [5.41, 5.74) is 3.13. The molecule has 32 heavy (non-hydrogen) atoms. The molecule has 3 aliphatic rings. The van der Waals surface area contributed by atoms with Gasteiger partial charge < -0.3 is 20.3 Å². The van der Waals surface area contributed by atoms with Gasteiger partial charge in [0.05, 0.1) is 5.57 Å². The van der Waals surface area contributed by atoms with Crippen LogP contribution in [0.15, 0.2) is 54.3 Å². The first-order valence-electron chi connectivity index (χ1n) is 10.7. The molecule has 7 heteroatoms. The van der Waals surface area contributed by atoms with E-state index in [1.807, 2.05) is 49.1 Å². The van der Waals surface area contributed by atoms with Crippen LogP contribution in [0.1, 0.15) is 35.3 Å². The fourth-order valence-corrected chi connectivity index (χ4v) is 4.45. The normalized spacial score (nSPS) is 21.7. The van der Waals surface area contributed by atoms with E-state index in [4.69, 9.17) is 4.74 Å². The zero-order valence-electron chi connectivity index (χ0n) is 18.0. The maximum absolute atomic E-state index is 13.8. The molecule has 1 fully saturated rings. The van der Waals surface area contributed by atoms with Gasteiger partial charge in [-0.2, -0.15) is 0 Å². The van der Waals surface area contributed by atoms with Crippen LogP contribution in [0.5, 0.6) is 0 Å². The molecule has 2 amide bonds. The molecular formula is C25H24FN3O3. The van der Waals surface area contributed by atoms with Crippen LogP contribution in [-0.4, -0.2) is 48.5 Å². The molecular weight excluding hydrogens is 409 g/mol. The molecule has 0 unspecified atom stereocenters. The topological polar surface area (TPSA) is 70.7 Å². The minimum Gasteiger partial charge on any atom is -0.482 e. The van der Waals surface area contributed by atoms with Gasteiger partial charge in [0, 0.05) is 48.6 Å². The average molecular weight is 433 g/mol. The Morgan fingerprint density at radius 1 is 1.09 bits per heavy atom. The molecule has 0 spiro atoms. The van der Waals surface area contributed by atoms with Crippen molar-refractivity contribution in [2.75, 3.05) is 31.5 Å². The molecule has 3 aliphatic heterocycles. The first-order valence-corrected chi connectivity index (χ1v) is 10.7. The number of carbonyl (C=O) groups excluding carboxylic acids is 2. The first-order chi connectivity index (χ1) is 15.3. The third-order valence-electron chi connectivity index (χ3n) is 6.11. The molecule has 6 nitrogen and oxygen atoms in total. The lowest BCUT2D eigenvalue weighted by Crippen LogP contribution is -2.46. The van der Waals surface area contributed by atoms with E-state index in [2.05, 4.69) is 10.6 Å². The Kier molecular flexibility index (Phi) is 4.86. The molecule has 2 aromatic carbocycles. The fraction of sp³-hybridized carbons (Fsp3) is 0.280. The second kappa shape index (κ2) is 7.60. The number of ether oxygens (including phenoxy) is 1. The van der Waals surface area contributed by atoms with Gasteiger partial charge in [-0.15, -0.1) is 0 Å². The highest BCUT2D eigenvalue weighted by Crippen LogP contribution is 2.44. The molecule has 0 aliphatic carbocycles. The first kappa shape index (κ1) is 20.5. The number of rotatable bonds is 2. The van der Waals surface area contributed by atoms with E-state index in [-0.39, 0.29) is 11.8 Å². The van der Waals surface area contributed by atoms with Crippen LogP contribution in [0.25, 0.3) is 11.1 Å². The lowest BCUT2D eigenvalue weighted by molar-refractivity contribution is -0.111. The van der Waals surface area contributed by atoms with E-state index in [0.29, 0.717) is 41.2 Å². The van der Waals surface area contributed by atoms with Crippen molar-refractivity contribution in [1.29, 1.82) is 0 Å². The number of anilines is 1. The number of hydrogen-bond donors (Lipinski definition) is 2. The van der Waals surface area contributed by atoms with Crippen LogP contribution in [0, 0.1) is 5.82 Å². The summed E-state index contributed by atoms with van der Waals surface area (Å²) in [6.07, 6.45) is 1.84. The lowest BCUT2D eigenvalue weighted by Gasteiger charge is -2.27. The predicted octanol–water partition coefficient (Wildman–Crippen LogP) is 3.43. The highest BCUT2D eigenvalue weighted by atomic mass is 19.1. The number of hydrogen-bond acceptors (Lipinski definition) is 4. The number of nitrogens with one attached hydrogen (secondary N) is 2. The highest BCUT2D eigenvalue weighted by molar-refractivity contribution is 6.32.